The fraction of sp³-hybridized carbons (Fsp3) is 0.526. The van der Waals surface area contributed by atoms with E-state index in [1.54, 1.807) is 21.9 Å². The van der Waals surface area contributed by atoms with Crippen molar-refractivity contribution in [2.75, 3.05) is 52.4 Å². The van der Waals surface area contributed by atoms with Gasteiger partial charge in [0, 0.05) is 71.0 Å². The van der Waals surface area contributed by atoms with Gasteiger partial charge in [0.2, 0.25) is 0 Å². The number of hydrogen-bond donors (Lipinski definition) is 3. The van der Waals surface area contributed by atoms with Gasteiger partial charge >= 0.3 is 12.1 Å². The number of carboxylic acid groups (broad SMARTS) is 2. The van der Waals surface area contributed by atoms with Crippen LogP contribution >= 0.6 is 0 Å². The van der Waals surface area contributed by atoms with Gasteiger partial charge < -0.3 is 15.5 Å². The highest BCUT2D eigenvalue weighted by molar-refractivity contribution is 5.69. The SMILES string of the molecule is [CH]N1CCN(CC(=O)O)CCN(CC(Cc2ccc([N+](=O)[O-])cc2)NC(=O)O)CC1. The van der Waals surface area contributed by atoms with Crippen molar-refractivity contribution in [3.05, 3.63) is 47.0 Å². The van der Waals surface area contributed by atoms with E-state index in [0.717, 1.165) is 5.56 Å². The predicted molar refractivity (Wildman–Crippen MR) is 108 cm³/mol. The van der Waals surface area contributed by atoms with E-state index in [1.165, 1.54) is 12.1 Å². The minimum absolute atomic E-state index is 0.0249. The second-order valence-electron chi connectivity index (χ2n) is 7.28. The van der Waals surface area contributed by atoms with Crippen molar-refractivity contribution >= 4 is 17.7 Å². The number of hydrogen-bond acceptors (Lipinski definition) is 7. The number of non-ortho nitro benzene ring substituents is 1. The zero-order valence-corrected chi connectivity index (χ0v) is 16.6. The first-order valence-corrected chi connectivity index (χ1v) is 9.62. The van der Waals surface area contributed by atoms with E-state index < -0.39 is 23.0 Å². The topological polar surface area (TPSA) is 139 Å². The highest BCUT2D eigenvalue weighted by Crippen LogP contribution is 2.14. The summed E-state index contributed by atoms with van der Waals surface area (Å²) in [5, 5.41) is 31.6. The second kappa shape index (κ2) is 11.4. The number of carboxylic acids is 1. The van der Waals surface area contributed by atoms with Gasteiger partial charge in [-0.1, -0.05) is 12.1 Å². The Morgan fingerprint density at radius 2 is 1.63 bits per heavy atom. The first-order valence-electron chi connectivity index (χ1n) is 9.62. The van der Waals surface area contributed by atoms with E-state index in [2.05, 4.69) is 5.32 Å². The molecule has 0 bridgehead atoms. The molecule has 1 saturated heterocycles. The summed E-state index contributed by atoms with van der Waals surface area (Å²) in [6, 6.07) is 5.57. The van der Waals surface area contributed by atoms with Gasteiger partial charge in [-0.25, -0.2) is 4.79 Å². The molecule has 0 aliphatic carbocycles. The van der Waals surface area contributed by atoms with Gasteiger partial charge in [0.25, 0.3) is 5.69 Å². The highest BCUT2D eigenvalue weighted by Gasteiger charge is 2.21. The first kappa shape index (κ1) is 23.5. The molecule has 1 fully saturated rings. The van der Waals surface area contributed by atoms with Gasteiger partial charge in [0.15, 0.2) is 0 Å². The number of carbonyl (C=O) groups is 2. The molecule has 11 heteroatoms. The zero-order chi connectivity index (χ0) is 22.1. The highest BCUT2D eigenvalue weighted by atomic mass is 16.6. The molecule has 1 atom stereocenters. The monoisotopic (exact) mass is 421 g/mol. The number of nitrogens with zero attached hydrogens (tertiary/aromatic N) is 4. The van der Waals surface area contributed by atoms with Crippen LogP contribution in [0.2, 0.25) is 0 Å². The lowest BCUT2D eigenvalue weighted by Crippen LogP contribution is -2.47. The summed E-state index contributed by atoms with van der Waals surface area (Å²) in [6.07, 6.45) is -0.787. The summed E-state index contributed by atoms with van der Waals surface area (Å²) in [4.78, 5) is 38.1. The molecule has 1 amide bonds. The van der Waals surface area contributed by atoms with E-state index in [0.29, 0.717) is 52.2 Å². The lowest BCUT2D eigenvalue weighted by molar-refractivity contribution is -0.384. The molecule has 0 spiro atoms. The molecule has 2 radical (unpaired) electrons. The van der Waals surface area contributed by atoms with Gasteiger partial charge in [-0.2, -0.15) is 0 Å². The van der Waals surface area contributed by atoms with Crippen LogP contribution in [0.25, 0.3) is 0 Å². The molecule has 1 aromatic rings. The molecule has 30 heavy (non-hydrogen) atoms. The van der Waals surface area contributed by atoms with E-state index in [-0.39, 0.29) is 12.2 Å². The van der Waals surface area contributed by atoms with Gasteiger partial charge in [0.1, 0.15) is 0 Å². The Bertz CT molecular complexity index is 729. The summed E-state index contributed by atoms with van der Waals surface area (Å²) < 4.78 is 0. The van der Waals surface area contributed by atoms with Gasteiger partial charge in [0.05, 0.1) is 11.5 Å². The Morgan fingerprint density at radius 3 is 2.20 bits per heavy atom. The van der Waals surface area contributed by atoms with E-state index >= 15 is 0 Å². The number of nitro groups is 1. The predicted octanol–water partition coefficient (Wildman–Crippen LogP) is 0.446. The zero-order valence-electron chi connectivity index (χ0n) is 16.6. The van der Waals surface area contributed by atoms with Crippen molar-refractivity contribution in [2.24, 2.45) is 0 Å². The van der Waals surface area contributed by atoms with Crippen LogP contribution in [0.5, 0.6) is 0 Å². The maximum absolute atomic E-state index is 11.3. The van der Waals surface area contributed by atoms with Crippen molar-refractivity contribution in [3.8, 4) is 0 Å². The molecule has 1 aliphatic rings. The number of amides is 1. The fourth-order valence-electron chi connectivity index (χ4n) is 3.38. The number of rotatable bonds is 8. The maximum atomic E-state index is 11.3. The quantitative estimate of drug-likeness (QED) is 0.403. The third-order valence-corrected chi connectivity index (χ3v) is 4.93. The summed E-state index contributed by atoms with van der Waals surface area (Å²) in [6.45, 7) is 3.67. The lowest BCUT2D eigenvalue weighted by atomic mass is 10.0. The number of aliphatic carboxylic acids is 1. The average molecular weight is 421 g/mol. The van der Waals surface area contributed by atoms with Crippen molar-refractivity contribution in [3.63, 3.8) is 0 Å². The standard InChI is InChI=1S/C19H27N5O6/c1-21-6-8-22(10-11-23(9-7-21)14-18(25)26)13-16(20-19(27)28)12-15-2-4-17(5-3-15)24(29)30/h1-5,16,20H,6-14H2,(H,25,26)(H,27,28). The summed E-state index contributed by atoms with van der Waals surface area (Å²) >= 11 is 0. The molecule has 2 rings (SSSR count). The van der Waals surface area contributed by atoms with Gasteiger partial charge in [-0.05, 0) is 12.0 Å². The van der Waals surface area contributed by atoms with Crippen LogP contribution < -0.4 is 5.32 Å². The molecule has 1 heterocycles. The van der Waals surface area contributed by atoms with E-state index in [1.807, 2.05) is 4.90 Å². The number of nitro benzene ring substituents is 1. The summed E-state index contributed by atoms with van der Waals surface area (Å²) in [5.41, 5.74) is 0.750. The Hall–Kier alpha value is -2.76. The van der Waals surface area contributed by atoms with Crippen molar-refractivity contribution in [1.29, 1.82) is 0 Å². The average Bonchev–Trinajstić information content (AvgIpc) is 2.74. The van der Waals surface area contributed by atoms with Crippen molar-refractivity contribution in [2.45, 2.75) is 12.5 Å². The van der Waals surface area contributed by atoms with Crippen molar-refractivity contribution in [1.82, 2.24) is 20.0 Å². The van der Waals surface area contributed by atoms with Crippen LogP contribution in [-0.4, -0.2) is 100 Å². The van der Waals surface area contributed by atoms with Crippen LogP contribution in [0.1, 0.15) is 5.56 Å². The van der Waals surface area contributed by atoms with Crippen LogP contribution in [0, 0.1) is 17.2 Å². The normalized spacial score (nSPS) is 18.0. The molecule has 0 saturated carbocycles. The lowest BCUT2D eigenvalue weighted by Gasteiger charge is -2.29. The van der Waals surface area contributed by atoms with Crippen LogP contribution in [-0.2, 0) is 11.2 Å². The molecule has 11 nitrogen and oxygen atoms in total. The maximum Gasteiger partial charge on any atom is 0.404 e. The molecule has 1 aromatic carbocycles. The summed E-state index contributed by atoms with van der Waals surface area (Å²) in [5.74, 6) is -0.909. The molecular formula is C19H27N5O6. The van der Waals surface area contributed by atoms with Crippen LogP contribution in [0.15, 0.2) is 24.3 Å². The molecule has 0 aromatic heterocycles. The molecule has 164 valence electrons. The summed E-state index contributed by atoms with van der Waals surface area (Å²) in [7, 11) is 5.97. The van der Waals surface area contributed by atoms with Gasteiger partial charge in [-0.3, -0.25) is 29.6 Å². The van der Waals surface area contributed by atoms with Crippen LogP contribution in [0.4, 0.5) is 10.5 Å². The van der Waals surface area contributed by atoms with Gasteiger partial charge in [-0.15, -0.1) is 0 Å². The second-order valence-corrected chi connectivity index (χ2v) is 7.28. The number of benzene rings is 1. The molecule has 1 aliphatic heterocycles. The third kappa shape index (κ3) is 8.31. The smallest absolute Gasteiger partial charge is 0.404 e. The Balaban J connectivity index is 2.05. The third-order valence-electron chi connectivity index (χ3n) is 4.93. The fourth-order valence-corrected chi connectivity index (χ4v) is 3.38. The Kier molecular flexibility index (Phi) is 8.96. The molecular weight excluding hydrogens is 394 g/mol. The minimum atomic E-state index is -1.15. The molecule has 1 unspecified atom stereocenters. The Morgan fingerprint density at radius 1 is 1.07 bits per heavy atom. The Labute approximate surface area is 175 Å². The minimum Gasteiger partial charge on any atom is -0.480 e. The van der Waals surface area contributed by atoms with Crippen molar-refractivity contribution < 1.29 is 24.7 Å². The largest absolute Gasteiger partial charge is 0.480 e. The van der Waals surface area contributed by atoms with Crippen LogP contribution in [0.3, 0.4) is 0 Å². The van der Waals surface area contributed by atoms with E-state index in [4.69, 9.17) is 12.2 Å². The molecule has 3 N–H and O–H groups in total. The number of nitrogens with one attached hydrogen (secondary N) is 1. The first-order chi connectivity index (χ1) is 14.2. The van der Waals surface area contributed by atoms with E-state index in [9.17, 15) is 24.8 Å².